The highest BCUT2D eigenvalue weighted by Crippen LogP contribution is 2.17. The van der Waals surface area contributed by atoms with Gasteiger partial charge in [0.1, 0.15) is 0 Å². The van der Waals surface area contributed by atoms with Crippen LogP contribution in [0.5, 0.6) is 0 Å². The number of rotatable bonds is 5. The minimum atomic E-state index is -3.05. The average molecular weight is 352 g/mol. The summed E-state index contributed by atoms with van der Waals surface area (Å²) in [6.07, 6.45) is 0.465. The summed E-state index contributed by atoms with van der Waals surface area (Å²) in [6.45, 7) is 5.96. The fourth-order valence-electron chi connectivity index (χ4n) is 2.89. The van der Waals surface area contributed by atoms with Crippen molar-refractivity contribution in [3.05, 3.63) is 34.9 Å². The molecule has 0 aliphatic carbocycles. The number of hydrogen-bond donors (Lipinski definition) is 1. The highest BCUT2D eigenvalue weighted by molar-refractivity contribution is 7.91. The van der Waals surface area contributed by atoms with E-state index in [0.717, 1.165) is 11.1 Å². The lowest BCUT2D eigenvalue weighted by atomic mass is 10.1. The third kappa shape index (κ3) is 4.56. The van der Waals surface area contributed by atoms with Gasteiger partial charge in [0.15, 0.2) is 9.84 Å². The number of sulfone groups is 1. The molecule has 0 radical (unpaired) electrons. The van der Waals surface area contributed by atoms with Crippen LogP contribution in [0.25, 0.3) is 0 Å². The van der Waals surface area contributed by atoms with E-state index in [2.05, 4.69) is 5.32 Å². The van der Waals surface area contributed by atoms with Crippen molar-refractivity contribution in [2.45, 2.75) is 33.2 Å². The maximum atomic E-state index is 12.2. The summed E-state index contributed by atoms with van der Waals surface area (Å²) in [5, 5.41) is 2.79. The molecule has 0 spiro atoms. The second-order valence-corrected chi connectivity index (χ2v) is 8.55. The van der Waals surface area contributed by atoms with E-state index < -0.39 is 9.84 Å². The Morgan fingerprint density at radius 3 is 2.50 bits per heavy atom. The van der Waals surface area contributed by atoms with Crippen LogP contribution in [0.2, 0.25) is 0 Å². The van der Waals surface area contributed by atoms with E-state index >= 15 is 0 Å². The minimum Gasteiger partial charge on any atom is -0.350 e. The van der Waals surface area contributed by atoms with Gasteiger partial charge in [-0.25, -0.2) is 8.42 Å². The molecule has 1 atom stereocenters. The molecule has 1 aromatic rings. The SMILES string of the molecule is CC(=O)N(CCNC(=O)c1ccc(C)c(C)c1)C1CCS(=O)(=O)C1. The third-order valence-corrected chi connectivity index (χ3v) is 6.21. The molecular weight excluding hydrogens is 328 g/mol. The predicted octanol–water partition coefficient (Wildman–Crippen LogP) is 1.07. The van der Waals surface area contributed by atoms with Gasteiger partial charge in [-0.1, -0.05) is 6.07 Å². The Kier molecular flexibility index (Phi) is 5.64. The Balaban J connectivity index is 1.92. The number of benzene rings is 1. The molecule has 1 aromatic carbocycles. The Bertz CT molecular complexity index is 743. The Labute approximate surface area is 143 Å². The number of aryl methyl sites for hydroxylation is 2. The minimum absolute atomic E-state index is 0.0116. The quantitative estimate of drug-likeness (QED) is 0.859. The average Bonchev–Trinajstić information content (AvgIpc) is 2.85. The fourth-order valence-corrected chi connectivity index (χ4v) is 4.62. The molecule has 132 valence electrons. The van der Waals surface area contributed by atoms with Crippen LogP contribution in [-0.2, 0) is 14.6 Å². The molecule has 0 saturated carbocycles. The van der Waals surface area contributed by atoms with Crippen molar-refractivity contribution in [3.63, 3.8) is 0 Å². The molecule has 1 N–H and O–H groups in total. The van der Waals surface area contributed by atoms with Gasteiger partial charge in [0.25, 0.3) is 5.91 Å². The van der Waals surface area contributed by atoms with E-state index in [1.807, 2.05) is 26.0 Å². The van der Waals surface area contributed by atoms with Crippen molar-refractivity contribution in [2.24, 2.45) is 0 Å². The molecule has 1 unspecified atom stereocenters. The second-order valence-electron chi connectivity index (χ2n) is 6.32. The van der Waals surface area contributed by atoms with Gasteiger partial charge in [-0.15, -0.1) is 0 Å². The van der Waals surface area contributed by atoms with Crippen LogP contribution >= 0.6 is 0 Å². The van der Waals surface area contributed by atoms with Crippen LogP contribution in [-0.4, -0.2) is 55.8 Å². The second kappa shape index (κ2) is 7.34. The van der Waals surface area contributed by atoms with Crippen LogP contribution in [0.3, 0.4) is 0 Å². The van der Waals surface area contributed by atoms with Gasteiger partial charge in [0.2, 0.25) is 5.91 Å². The Morgan fingerprint density at radius 1 is 1.25 bits per heavy atom. The van der Waals surface area contributed by atoms with Crippen molar-refractivity contribution in [2.75, 3.05) is 24.6 Å². The smallest absolute Gasteiger partial charge is 0.251 e. The van der Waals surface area contributed by atoms with Crippen LogP contribution in [0.4, 0.5) is 0 Å². The van der Waals surface area contributed by atoms with Gasteiger partial charge in [0, 0.05) is 31.6 Å². The van der Waals surface area contributed by atoms with E-state index in [9.17, 15) is 18.0 Å². The maximum Gasteiger partial charge on any atom is 0.251 e. The van der Waals surface area contributed by atoms with Crippen molar-refractivity contribution in [1.29, 1.82) is 0 Å². The summed E-state index contributed by atoms with van der Waals surface area (Å²) < 4.78 is 23.2. The Hall–Kier alpha value is -1.89. The summed E-state index contributed by atoms with van der Waals surface area (Å²) in [7, 11) is -3.05. The van der Waals surface area contributed by atoms with Gasteiger partial charge in [0.05, 0.1) is 11.5 Å². The normalized spacial score (nSPS) is 19.0. The van der Waals surface area contributed by atoms with Crippen LogP contribution < -0.4 is 5.32 Å². The summed E-state index contributed by atoms with van der Waals surface area (Å²) in [6, 6.07) is 5.21. The van der Waals surface area contributed by atoms with Gasteiger partial charge >= 0.3 is 0 Å². The summed E-state index contributed by atoms with van der Waals surface area (Å²) in [4.78, 5) is 25.5. The largest absolute Gasteiger partial charge is 0.350 e. The van der Waals surface area contributed by atoms with Gasteiger partial charge in [-0.3, -0.25) is 9.59 Å². The first-order chi connectivity index (χ1) is 11.2. The first kappa shape index (κ1) is 18.4. The Morgan fingerprint density at radius 2 is 1.96 bits per heavy atom. The molecule has 1 fully saturated rings. The van der Waals surface area contributed by atoms with E-state index in [0.29, 0.717) is 25.1 Å². The maximum absolute atomic E-state index is 12.2. The lowest BCUT2D eigenvalue weighted by molar-refractivity contribution is -0.130. The first-order valence-electron chi connectivity index (χ1n) is 8.03. The third-order valence-electron chi connectivity index (χ3n) is 4.46. The van der Waals surface area contributed by atoms with Crippen LogP contribution in [0, 0.1) is 13.8 Å². The van der Waals surface area contributed by atoms with Crippen LogP contribution in [0.15, 0.2) is 18.2 Å². The zero-order chi connectivity index (χ0) is 17.9. The molecule has 1 heterocycles. The summed E-state index contributed by atoms with van der Waals surface area (Å²) in [5.74, 6) is -0.230. The van der Waals surface area contributed by atoms with Crippen molar-refractivity contribution < 1.29 is 18.0 Å². The molecule has 6 nitrogen and oxygen atoms in total. The van der Waals surface area contributed by atoms with Crippen molar-refractivity contribution >= 4 is 21.7 Å². The van der Waals surface area contributed by atoms with Crippen molar-refractivity contribution in [3.8, 4) is 0 Å². The molecule has 7 heteroatoms. The lowest BCUT2D eigenvalue weighted by Crippen LogP contribution is -2.44. The molecular formula is C17H24N2O4S. The monoisotopic (exact) mass is 352 g/mol. The summed E-state index contributed by atoms with van der Waals surface area (Å²) in [5.41, 5.74) is 2.75. The number of hydrogen-bond acceptors (Lipinski definition) is 4. The number of carbonyl (C=O) groups excluding carboxylic acids is 2. The lowest BCUT2D eigenvalue weighted by Gasteiger charge is -2.27. The number of nitrogens with zero attached hydrogens (tertiary/aromatic N) is 1. The number of nitrogens with one attached hydrogen (secondary N) is 1. The molecule has 0 bridgehead atoms. The van der Waals surface area contributed by atoms with Gasteiger partial charge in [-0.05, 0) is 43.5 Å². The molecule has 1 saturated heterocycles. The molecule has 2 amide bonds. The topological polar surface area (TPSA) is 83.6 Å². The summed E-state index contributed by atoms with van der Waals surface area (Å²) >= 11 is 0. The van der Waals surface area contributed by atoms with E-state index in [1.165, 1.54) is 6.92 Å². The highest BCUT2D eigenvalue weighted by Gasteiger charge is 2.33. The fraction of sp³-hybridized carbons (Fsp3) is 0.529. The molecule has 0 aromatic heterocycles. The predicted molar refractivity (Wildman–Crippen MR) is 92.7 cm³/mol. The standard InChI is InChI=1S/C17H24N2O4S/c1-12-4-5-15(10-13(12)2)17(21)18-7-8-19(14(3)20)16-6-9-24(22,23)11-16/h4-5,10,16H,6-9,11H2,1-3H3,(H,18,21). The van der Waals surface area contributed by atoms with Crippen LogP contribution in [0.1, 0.15) is 34.8 Å². The first-order valence-corrected chi connectivity index (χ1v) is 9.85. The highest BCUT2D eigenvalue weighted by atomic mass is 32.2. The number of amides is 2. The van der Waals surface area contributed by atoms with E-state index in [4.69, 9.17) is 0 Å². The van der Waals surface area contributed by atoms with Gasteiger partial charge in [-0.2, -0.15) is 0 Å². The zero-order valence-electron chi connectivity index (χ0n) is 14.3. The van der Waals surface area contributed by atoms with Gasteiger partial charge < -0.3 is 10.2 Å². The molecule has 1 aliphatic rings. The van der Waals surface area contributed by atoms with Crippen molar-refractivity contribution in [1.82, 2.24) is 10.2 Å². The molecule has 1 aliphatic heterocycles. The zero-order valence-corrected chi connectivity index (χ0v) is 15.1. The van der Waals surface area contributed by atoms with E-state index in [-0.39, 0.29) is 29.4 Å². The molecule has 2 rings (SSSR count). The molecule has 24 heavy (non-hydrogen) atoms. The van der Waals surface area contributed by atoms with E-state index in [1.54, 1.807) is 11.0 Å². The number of carbonyl (C=O) groups is 2.